The van der Waals surface area contributed by atoms with Crippen LogP contribution in [0.2, 0.25) is 0 Å². The monoisotopic (exact) mass is 293 g/mol. The maximum atomic E-state index is 12.4. The Morgan fingerprint density at radius 2 is 2.19 bits per heavy atom. The second-order valence-corrected chi connectivity index (χ2v) is 6.90. The van der Waals surface area contributed by atoms with Crippen molar-refractivity contribution in [3.8, 4) is 0 Å². The summed E-state index contributed by atoms with van der Waals surface area (Å²) >= 11 is 0. The fourth-order valence-electron chi connectivity index (χ4n) is 2.51. The maximum absolute atomic E-state index is 12.4. The summed E-state index contributed by atoms with van der Waals surface area (Å²) in [5.74, 6) is 0.415. The molecule has 1 aliphatic carbocycles. The van der Waals surface area contributed by atoms with Gasteiger partial charge in [0.05, 0.1) is 5.54 Å². The van der Waals surface area contributed by atoms with Gasteiger partial charge in [-0.15, -0.1) is 0 Å². The number of rotatable bonds is 6. The van der Waals surface area contributed by atoms with E-state index in [0.29, 0.717) is 18.0 Å². The minimum absolute atomic E-state index is 0.00617. The van der Waals surface area contributed by atoms with Gasteiger partial charge in [0.2, 0.25) is 0 Å². The van der Waals surface area contributed by atoms with Crippen molar-refractivity contribution in [3.05, 3.63) is 17.5 Å². The zero-order chi connectivity index (χ0) is 15.6. The Kier molecular flexibility index (Phi) is 4.71. The van der Waals surface area contributed by atoms with Crippen LogP contribution in [0.5, 0.6) is 0 Å². The Balaban J connectivity index is 2.18. The average Bonchev–Trinajstić information content (AvgIpc) is 3.15. The molecule has 5 heteroatoms. The summed E-state index contributed by atoms with van der Waals surface area (Å²) in [5, 5.41) is 16.5. The van der Waals surface area contributed by atoms with Crippen molar-refractivity contribution in [1.29, 1.82) is 0 Å². The van der Waals surface area contributed by atoms with Crippen LogP contribution in [-0.4, -0.2) is 33.4 Å². The Morgan fingerprint density at radius 3 is 2.67 bits per heavy atom. The van der Waals surface area contributed by atoms with Gasteiger partial charge in [-0.25, -0.2) is 0 Å². The van der Waals surface area contributed by atoms with Crippen molar-refractivity contribution in [2.75, 3.05) is 6.61 Å². The van der Waals surface area contributed by atoms with E-state index in [-0.39, 0.29) is 24.1 Å². The van der Waals surface area contributed by atoms with E-state index in [1.807, 2.05) is 17.7 Å². The number of aromatic nitrogens is 2. The van der Waals surface area contributed by atoms with E-state index in [1.165, 1.54) is 18.5 Å². The summed E-state index contributed by atoms with van der Waals surface area (Å²) in [5.41, 5.74) is 1.54. The number of amides is 1. The van der Waals surface area contributed by atoms with Crippen LogP contribution in [0, 0.1) is 0 Å². The second-order valence-electron chi connectivity index (χ2n) is 6.90. The van der Waals surface area contributed by atoms with Gasteiger partial charge >= 0.3 is 0 Å². The summed E-state index contributed by atoms with van der Waals surface area (Å²) in [4.78, 5) is 12.4. The van der Waals surface area contributed by atoms with Gasteiger partial charge < -0.3 is 10.4 Å². The predicted molar refractivity (Wildman–Crippen MR) is 82.4 cm³/mol. The molecule has 5 nitrogen and oxygen atoms in total. The molecule has 1 unspecified atom stereocenters. The fourth-order valence-corrected chi connectivity index (χ4v) is 2.51. The fraction of sp³-hybridized carbons (Fsp3) is 0.750. The molecule has 1 heterocycles. The van der Waals surface area contributed by atoms with E-state index in [1.54, 1.807) is 0 Å². The van der Waals surface area contributed by atoms with E-state index < -0.39 is 0 Å². The van der Waals surface area contributed by atoms with Gasteiger partial charge in [-0.3, -0.25) is 9.48 Å². The lowest BCUT2D eigenvalue weighted by atomic mass is 10.1. The Bertz CT molecular complexity index is 498. The molecule has 1 saturated carbocycles. The van der Waals surface area contributed by atoms with Crippen LogP contribution < -0.4 is 5.32 Å². The van der Waals surface area contributed by atoms with Gasteiger partial charge in [0.25, 0.3) is 5.91 Å². The third-order valence-corrected chi connectivity index (χ3v) is 3.91. The molecule has 1 aromatic rings. The number of hydrogen-bond donors (Lipinski definition) is 2. The molecule has 1 aromatic heterocycles. The minimum atomic E-state index is -0.139. The van der Waals surface area contributed by atoms with E-state index in [2.05, 4.69) is 31.2 Å². The van der Waals surface area contributed by atoms with Gasteiger partial charge in [0.15, 0.2) is 0 Å². The van der Waals surface area contributed by atoms with E-state index in [4.69, 9.17) is 5.11 Å². The summed E-state index contributed by atoms with van der Waals surface area (Å²) < 4.78 is 1.99. The molecule has 0 bridgehead atoms. The minimum Gasteiger partial charge on any atom is -0.396 e. The normalized spacial score (nSPS) is 16.8. The van der Waals surface area contributed by atoms with Crippen LogP contribution in [0.15, 0.2) is 6.07 Å². The summed E-state index contributed by atoms with van der Waals surface area (Å²) in [7, 11) is 0. The molecule has 21 heavy (non-hydrogen) atoms. The number of hydrogen-bond acceptors (Lipinski definition) is 3. The zero-order valence-corrected chi connectivity index (χ0v) is 13.5. The summed E-state index contributed by atoms with van der Waals surface area (Å²) in [6.07, 6.45) is 3.76. The second kappa shape index (κ2) is 6.18. The molecule has 0 saturated heterocycles. The highest BCUT2D eigenvalue weighted by molar-refractivity contribution is 5.92. The first-order valence-electron chi connectivity index (χ1n) is 7.89. The molecular weight excluding hydrogens is 266 g/mol. The highest BCUT2D eigenvalue weighted by Crippen LogP contribution is 2.41. The largest absolute Gasteiger partial charge is 0.396 e. The van der Waals surface area contributed by atoms with Crippen LogP contribution >= 0.6 is 0 Å². The first-order chi connectivity index (χ1) is 9.86. The SMILES string of the molecule is CCC(CCO)NC(=O)c1cc(C2CC2)n(C(C)(C)C)n1. The van der Waals surface area contributed by atoms with E-state index in [0.717, 1.165) is 6.42 Å². The first-order valence-corrected chi connectivity index (χ1v) is 7.89. The van der Waals surface area contributed by atoms with Crippen molar-refractivity contribution in [2.45, 2.75) is 70.9 Å². The Hall–Kier alpha value is -1.36. The number of carbonyl (C=O) groups excluding carboxylic acids is 1. The third kappa shape index (κ3) is 3.84. The highest BCUT2D eigenvalue weighted by Gasteiger charge is 2.32. The summed E-state index contributed by atoms with van der Waals surface area (Å²) in [6, 6.07) is 1.94. The molecule has 0 spiro atoms. The lowest BCUT2D eigenvalue weighted by Gasteiger charge is -2.22. The van der Waals surface area contributed by atoms with Crippen LogP contribution in [0.4, 0.5) is 0 Å². The van der Waals surface area contributed by atoms with Gasteiger partial charge in [-0.2, -0.15) is 5.10 Å². The highest BCUT2D eigenvalue weighted by atomic mass is 16.3. The molecule has 118 valence electrons. The van der Waals surface area contributed by atoms with Crippen molar-refractivity contribution in [3.63, 3.8) is 0 Å². The van der Waals surface area contributed by atoms with E-state index in [9.17, 15) is 4.79 Å². The maximum Gasteiger partial charge on any atom is 0.272 e. The Labute approximate surface area is 126 Å². The molecule has 0 aliphatic heterocycles. The quantitative estimate of drug-likeness (QED) is 0.846. The lowest BCUT2D eigenvalue weighted by molar-refractivity contribution is 0.0922. The molecule has 2 N–H and O–H groups in total. The zero-order valence-electron chi connectivity index (χ0n) is 13.5. The van der Waals surface area contributed by atoms with E-state index >= 15 is 0 Å². The van der Waals surface area contributed by atoms with Crippen LogP contribution in [0.3, 0.4) is 0 Å². The molecule has 1 aliphatic rings. The molecule has 1 fully saturated rings. The standard InChI is InChI=1S/C16H27N3O2/c1-5-12(8-9-20)17-15(21)13-10-14(11-6-7-11)19(18-13)16(2,3)4/h10-12,20H,5-9H2,1-4H3,(H,17,21). The van der Waals surface area contributed by atoms with Gasteiger partial charge in [-0.05, 0) is 52.5 Å². The van der Waals surface area contributed by atoms with Crippen LogP contribution in [0.1, 0.15) is 75.5 Å². The summed E-state index contributed by atoms with van der Waals surface area (Å²) in [6.45, 7) is 8.41. The molecule has 0 aromatic carbocycles. The average molecular weight is 293 g/mol. The predicted octanol–water partition coefficient (Wildman–Crippen LogP) is 2.41. The lowest BCUT2D eigenvalue weighted by Crippen LogP contribution is -2.35. The molecule has 2 rings (SSSR count). The molecular formula is C16H27N3O2. The number of aliphatic hydroxyl groups excluding tert-OH is 1. The Morgan fingerprint density at radius 1 is 1.52 bits per heavy atom. The van der Waals surface area contributed by atoms with Crippen molar-refractivity contribution in [2.24, 2.45) is 0 Å². The van der Waals surface area contributed by atoms with Gasteiger partial charge in [0.1, 0.15) is 5.69 Å². The molecule has 0 radical (unpaired) electrons. The third-order valence-electron chi connectivity index (χ3n) is 3.91. The van der Waals surface area contributed by atoms with Gasteiger partial charge in [0, 0.05) is 24.3 Å². The molecule has 1 amide bonds. The molecule has 1 atom stereocenters. The number of carbonyl (C=O) groups is 1. The van der Waals surface area contributed by atoms with Gasteiger partial charge in [-0.1, -0.05) is 6.92 Å². The number of nitrogens with zero attached hydrogens (tertiary/aromatic N) is 2. The number of aliphatic hydroxyl groups is 1. The topological polar surface area (TPSA) is 67.2 Å². The van der Waals surface area contributed by atoms with Crippen LogP contribution in [0.25, 0.3) is 0 Å². The van der Waals surface area contributed by atoms with Crippen LogP contribution in [-0.2, 0) is 5.54 Å². The van der Waals surface area contributed by atoms with Crippen molar-refractivity contribution < 1.29 is 9.90 Å². The van der Waals surface area contributed by atoms with Crippen molar-refractivity contribution in [1.82, 2.24) is 15.1 Å². The van der Waals surface area contributed by atoms with Crippen molar-refractivity contribution >= 4 is 5.91 Å². The first kappa shape index (κ1) is 16.0. The smallest absolute Gasteiger partial charge is 0.272 e. The number of nitrogens with one attached hydrogen (secondary N) is 1.